The minimum atomic E-state index is 0.360. The lowest BCUT2D eigenvalue weighted by molar-refractivity contribution is -0.0327. The second kappa shape index (κ2) is 4.96. The molecule has 0 amide bonds. The summed E-state index contributed by atoms with van der Waals surface area (Å²) in [6.07, 6.45) is 2.08. The highest BCUT2D eigenvalue weighted by atomic mass is 16.7. The molecule has 0 saturated carbocycles. The Morgan fingerprint density at radius 2 is 2.07 bits per heavy atom. The topological polar surface area (TPSA) is 23.4 Å². The molecule has 2 aromatic rings. The van der Waals surface area contributed by atoms with Crippen molar-refractivity contribution < 1.29 is 9.47 Å². The normalized spacial score (nSPS) is 11.0. The van der Waals surface area contributed by atoms with Gasteiger partial charge in [0.05, 0.1) is 6.61 Å². The number of para-hydroxylation sites is 1. The van der Waals surface area contributed by atoms with Gasteiger partial charge in [-0.25, -0.2) is 0 Å². The van der Waals surface area contributed by atoms with Crippen LogP contribution in [0.15, 0.2) is 36.5 Å². The summed E-state index contributed by atoms with van der Waals surface area (Å²) >= 11 is 0. The third-order valence-corrected chi connectivity index (χ3v) is 2.36. The van der Waals surface area contributed by atoms with E-state index < -0.39 is 0 Å². The molecule has 0 aliphatic rings. The summed E-state index contributed by atoms with van der Waals surface area (Å²) in [4.78, 5) is 0. The van der Waals surface area contributed by atoms with Crippen LogP contribution in [0.3, 0.4) is 0 Å². The first kappa shape index (κ1) is 10.2. The van der Waals surface area contributed by atoms with Crippen LogP contribution in [0.25, 0.3) is 10.9 Å². The average Bonchev–Trinajstić information content (AvgIpc) is 2.68. The fraction of sp³-hybridized carbons (Fsp3) is 0.333. The smallest absolute Gasteiger partial charge is 0.146 e. The number of benzene rings is 1. The fourth-order valence-corrected chi connectivity index (χ4v) is 1.64. The van der Waals surface area contributed by atoms with Gasteiger partial charge in [-0.1, -0.05) is 18.2 Å². The van der Waals surface area contributed by atoms with Crippen LogP contribution in [-0.2, 0) is 16.0 Å². The molecule has 0 aliphatic carbocycles. The zero-order valence-corrected chi connectivity index (χ0v) is 8.85. The maximum absolute atomic E-state index is 5.26. The number of hydrogen-bond acceptors (Lipinski definition) is 2. The van der Waals surface area contributed by atoms with Crippen molar-refractivity contribution in [2.24, 2.45) is 0 Å². The molecule has 1 heterocycles. The van der Waals surface area contributed by atoms with Crippen molar-refractivity contribution in [3.63, 3.8) is 0 Å². The molecule has 15 heavy (non-hydrogen) atoms. The number of methoxy groups -OCH3 is 1. The molecule has 2 rings (SSSR count). The Morgan fingerprint density at radius 3 is 2.93 bits per heavy atom. The van der Waals surface area contributed by atoms with Crippen LogP contribution >= 0.6 is 0 Å². The summed E-state index contributed by atoms with van der Waals surface area (Å²) in [6.45, 7) is 1.89. The molecule has 1 aromatic heterocycles. The molecule has 0 aliphatic heterocycles. The van der Waals surface area contributed by atoms with Gasteiger partial charge in [-0.15, -0.1) is 0 Å². The van der Waals surface area contributed by atoms with Gasteiger partial charge in [-0.3, -0.25) is 0 Å². The molecule has 0 atom stereocenters. The standard InChI is InChI=1S/C12H15NO2/c1-14-10-15-9-8-13-7-6-11-4-2-3-5-12(11)13/h2-7H,8-10H2,1H3. The Labute approximate surface area is 89.2 Å². The zero-order valence-electron chi connectivity index (χ0n) is 8.85. The van der Waals surface area contributed by atoms with Gasteiger partial charge < -0.3 is 14.0 Å². The van der Waals surface area contributed by atoms with Crippen molar-refractivity contribution in [3.05, 3.63) is 36.5 Å². The van der Waals surface area contributed by atoms with Gasteiger partial charge in [0.25, 0.3) is 0 Å². The van der Waals surface area contributed by atoms with Gasteiger partial charge in [0.1, 0.15) is 6.79 Å². The molecule has 0 unspecified atom stereocenters. The molecular weight excluding hydrogens is 190 g/mol. The molecule has 80 valence electrons. The van der Waals surface area contributed by atoms with Gasteiger partial charge in [0.15, 0.2) is 0 Å². The number of fused-ring (bicyclic) bond motifs is 1. The van der Waals surface area contributed by atoms with E-state index in [0.717, 1.165) is 6.54 Å². The number of nitrogens with zero attached hydrogens (tertiary/aromatic N) is 1. The highest BCUT2D eigenvalue weighted by Gasteiger charge is 1.98. The second-order valence-corrected chi connectivity index (χ2v) is 3.38. The van der Waals surface area contributed by atoms with Crippen molar-refractivity contribution in [1.29, 1.82) is 0 Å². The minimum Gasteiger partial charge on any atom is -0.359 e. The Balaban J connectivity index is 2.02. The molecular formula is C12H15NO2. The largest absolute Gasteiger partial charge is 0.359 e. The summed E-state index contributed by atoms with van der Waals surface area (Å²) in [5.41, 5.74) is 1.25. The van der Waals surface area contributed by atoms with E-state index in [4.69, 9.17) is 9.47 Å². The monoisotopic (exact) mass is 205 g/mol. The molecule has 0 saturated heterocycles. The highest BCUT2D eigenvalue weighted by molar-refractivity contribution is 5.79. The third-order valence-electron chi connectivity index (χ3n) is 2.36. The maximum atomic E-state index is 5.26. The molecule has 3 nitrogen and oxygen atoms in total. The highest BCUT2D eigenvalue weighted by Crippen LogP contribution is 2.14. The van der Waals surface area contributed by atoms with Crippen molar-refractivity contribution in [3.8, 4) is 0 Å². The van der Waals surface area contributed by atoms with E-state index in [2.05, 4.69) is 35.0 Å². The molecule has 1 aromatic carbocycles. The Morgan fingerprint density at radius 1 is 1.20 bits per heavy atom. The summed E-state index contributed by atoms with van der Waals surface area (Å²) in [7, 11) is 1.63. The lowest BCUT2D eigenvalue weighted by atomic mass is 10.2. The first-order valence-corrected chi connectivity index (χ1v) is 5.02. The van der Waals surface area contributed by atoms with Crippen molar-refractivity contribution in [2.75, 3.05) is 20.5 Å². The first-order chi connectivity index (χ1) is 7.42. The van der Waals surface area contributed by atoms with E-state index in [1.54, 1.807) is 7.11 Å². The van der Waals surface area contributed by atoms with Crippen molar-refractivity contribution >= 4 is 10.9 Å². The van der Waals surface area contributed by atoms with E-state index in [0.29, 0.717) is 13.4 Å². The number of ether oxygens (including phenoxy) is 2. The number of aromatic nitrogens is 1. The third kappa shape index (κ3) is 2.37. The van der Waals surface area contributed by atoms with Crippen LogP contribution in [0.1, 0.15) is 0 Å². The van der Waals surface area contributed by atoms with Gasteiger partial charge >= 0.3 is 0 Å². The van der Waals surface area contributed by atoms with Crippen LogP contribution in [0.2, 0.25) is 0 Å². The average molecular weight is 205 g/mol. The molecule has 0 radical (unpaired) electrons. The SMILES string of the molecule is COCOCCn1ccc2ccccc21. The van der Waals surface area contributed by atoms with E-state index in [1.807, 2.05) is 6.07 Å². The summed E-state index contributed by atoms with van der Waals surface area (Å²) < 4.78 is 12.3. The minimum absolute atomic E-state index is 0.360. The fourth-order valence-electron chi connectivity index (χ4n) is 1.64. The lowest BCUT2D eigenvalue weighted by Gasteiger charge is -2.05. The molecule has 0 N–H and O–H groups in total. The summed E-state index contributed by atoms with van der Waals surface area (Å²) in [5.74, 6) is 0. The summed E-state index contributed by atoms with van der Waals surface area (Å²) in [5, 5.41) is 1.27. The predicted octanol–water partition coefficient (Wildman–Crippen LogP) is 2.26. The van der Waals surface area contributed by atoms with Crippen LogP contribution in [0, 0.1) is 0 Å². The lowest BCUT2D eigenvalue weighted by Crippen LogP contribution is -2.06. The van der Waals surface area contributed by atoms with Gasteiger partial charge in [0.2, 0.25) is 0 Å². The van der Waals surface area contributed by atoms with Crippen LogP contribution in [0.5, 0.6) is 0 Å². The summed E-state index contributed by atoms with van der Waals surface area (Å²) in [6, 6.07) is 10.4. The second-order valence-electron chi connectivity index (χ2n) is 3.38. The number of rotatable bonds is 5. The van der Waals surface area contributed by atoms with Crippen LogP contribution in [-0.4, -0.2) is 25.1 Å². The van der Waals surface area contributed by atoms with Crippen LogP contribution in [0.4, 0.5) is 0 Å². The molecule has 0 bridgehead atoms. The quantitative estimate of drug-likeness (QED) is 0.552. The van der Waals surface area contributed by atoms with E-state index in [-0.39, 0.29) is 0 Å². The van der Waals surface area contributed by atoms with Gasteiger partial charge in [-0.05, 0) is 17.5 Å². The van der Waals surface area contributed by atoms with Crippen LogP contribution < -0.4 is 0 Å². The Bertz CT molecular complexity index is 422. The first-order valence-electron chi connectivity index (χ1n) is 5.02. The molecule has 0 fully saturated rings. The zero-order chi connectivity index (χ0) is 10.5. The van der Waals surface area contributed by atoms with Gasteiger partial charge in [0, 0.05) is 25.4 Å². The molecule has 3 heteroatoms. The Hall–Kier alpha value is -1.32. The Kier molecular flexibility index (Phi) is 3.37. The van der Waals surface area contributed by atoms with Crippen molar-refractivity contribution in [1.82, 2.24) is 4.57 Å². The molecule has 0 spiro atoms. The maximum Gasteiger partial charge on any atom is 0.146 e. The number of hydrogen-bond donors (Lipinski definition) is 0. The predicted molar refractivity (Wildman–Crippen MR) is 59.8 cm³/mol. The van der Waals surface area contributed by atoms with Gasteiger partial charge in [-0.2, -0.15) is 0 Å². The van der Waals surface area contributed by atoms with Crippen molar-refractivity contribution in [2.45, 2.75) is 6.54 Å². The van der Waals surface area contributed by atoms with E-state index >= 15 is 0 Å². The van der Waals surface area contributed by atoms with E-state index in [9.17, 15) is 0 Å². The van der Waals surface area contributed by atoms with E-state index in [1.165, 1.54) is 10.9 Å².